The Hall–Kier alpha value is -17.4. The Labute approximate surface area is 766 Å². The maximum atomic E-state index is 5.13. The fraction of sp³-hybridized carbons (Fsp3) is 0.0244. The summed E-state index contributed by atoms with van der Waals surface area (Å²) in [7, 11) is 0. The molecule has 9 aromatic heterocycles. The van der Waals surface area contributed by atoms with Crippen LogP contribution in [0.2, 0.25) is 0 Å². The van der Waals surface area contributed by atoms with E-state index in [0.717, 1.165) is 174 Å². The van der Waals surface area contributed by atoms with Crippen LogP contribution in [0, 0.1) is 20.8 Å². The van der Waals surface area contributed by atoms with E-state index in [9.17, 15) is 0 Å². The van der Waals surface area contributed by atoms with Gasteiger partial charge in [0.15, 0.2) is 0 Å². The van der Waals surface area contributed by atoms with Gasteiger partial charge in [-0.1, -0.05) is 285 Å². The Morgan fingerprint density at radius 3 is 0.841 bits per heavy atom. The van der Waals surface area contributed by atoms with Gasteiger partial charge in [-0.15, -0.1) is 0 Å². The average molecular weight is 1690 g/mol. The molecule has 24 rings (SSSR count). The standard InChI is InChI=1S/C42H31N3.C41H29N3.C40H27N3/c1-28-18-21-39(29(2)43-28)38-26-36(25-37(27-38)34-20-19-30-11-6-7-14-32(30)23-34)33-15-10-16-35(24-33)41-42(31-12-4-3-5-13-31)45-22-9-8-17-40(45)44-41;1-28-11-9-18-38(42-28)37-26-35(25-36(27-37)33-21-20-29-12-5-6-15-31(29)23-33)32-16-10-17-34(24-32)40-41(30-13-3-2-4-14-30)44-22-8-7-19-39(44)43-40;1-2-10-30(11-3-1)40-39(42-38-15-6-7-22-43(38)40)34-14-8-13-32(24-34)36-25-35(29-18-20-41-21-19-29)26-37(27-36)33-17-16-28-9-4-5-12-31(28)23-33/h3-27H,1-2H3;2-27H,1H3;1-27H. The molecule has 15 aromatic carbocycles. The molecule has 0 aliphatic heterocycles. The molecule has 0 atom stereocenters. The number of hydrogen-bond acceptors (Lipinski definition) is 6. The molecule has 0 fully saturated rings. The van der Waals surface area contributed by atoms with Gasteiger partial charge in [-0.25, -0.2) is 15.0 Å². The summed E-state index contributed by atoms with van der Waals surface area (Å²) in [5.74, 6) is 0. The smallest absolute Gasteiger partial charge is 0.137 e. The maximum absolute atomic E-state index is 5.13. The van der Waals surface area contributed by atoms with Crippen molar-refractivity contribution in [2.45, 2.75) is 20.8 Å². The largest absolute Gasteiger partial charge is 0.299 e. The van der Waals surface area contributed by atoms with Gasteiger partial charge in [0.05, 0.1) is 39.9 Å². The summed E-state index contributed by atoms with van der Waals surface area (Å²) in [5.41, 5.74) is 39.3. The lowest BCUT2D eigenvalue weighted by molar-refractivity contribution is 1.13. The van der Waals surface area contributed by atoms with E-state index in [4.69, 9.17) is 24.9 Å². The van der Waals surface area contributed by atoms with Crippen LogP contribution in [-0.2, 0) is 0 Å². The highest BCUT2D eigenvalue weighted by Crippen LogP contribution is 2.44. The van der Waals surface area contributed by atoms with E-state index >= 15 is 0 Å². The SMILES string of the molecule is Cc1ccc(-c2cc(-c3cccc(-c4nc5ccccn5c4-c4ccccc4)c3)cc(-c3ccc4ccccc4c3)c2)c(C)n1.Cc1cccc(-c2cc(-c3cccc(-c4nc5ccccn5c4-c4ccccc4)c3)cc(-c3ccc4ccccc4c3)c2)n1.c1ccc(-c2c(-c3cccc(-c4cc(-c5ccncc5)cc(-c5ccc6ccccc6c5)c4)c3)nc3ccccn23)cc1. The molecule has 9 heterocycles. The van der Waals surface area contributed by atoms with Crippen LogP contribution in [0.3, 0.4) is 0 Å². The quantitative estimate of drug-likeness (QED) is 0.102. The van der Waals surface area contributed by atoms with Gasteiger partial charge >= 0.3 is 0 Å². The molecule has 0 amide bonds. The molecule has 0 N–H and O–H groups in total. The molecule has 0 bridgehead atoms. The number of rotatable bonds is 15. The fourth-order valence-corrected chi connectivity index (χ4v) is 18.4. The third kappa shape index (κ3) is 16.4. The summed E-state index contributed by atoms with van der Waals surface area (Å²) < 4.78 is 6.54. The molecule has 0 spiro atoms. The number of nitrogens with zero attached hydrogens (tertiary/aromatic N) is 9. The molecule has 9 heteroatoms. The van der Waals surface area contributed by atoms with E-state index in [1.807, 2.05) is 50.5 Å². The van der Waals surface area contributed by atoms with Crippen molar-refractivity contribution in [1.82, 2.24) is 43.1 Å². The molecule has 624 valence electrons. The van der Waals surface area contributed by atoms with E-state index in [1.54, 1.807) is 0 Å². The van der Waals surface area contributed by atoms with Gasteiger partial charge in [-0.2, -0.15) is 0 Å². The summed E-state index contributed by atoms with van der Waals surface area (Å²) in [4.78, 5) is 29.3. The van der Waals surface area contributed by atoms with Gasteiger partial charge in [0, 0.05) is 92.6 Å². The first-order valence-corrected chi connectivity index (χ1v) is 44.7. The Morgan fingerprint density at radius 2 is 0.470 bits per heavy atom. The Morgan fingerprint density at radius 1 is 0.174 bits per heavy atom. The summed E-state index contributed by atoms with van der Waals surface area (Å²) in [6, 6.07) is 157. The number of fused-ring (bicyclic) bond motifs is 6. The first kappa shape index (κ1) is 80.4. The van der Waals surface area contributed by atoms with E-state index in [0.29, 0.717) is 0 Å². The van der Waals surface area contributed by atoms with Crippen LogP contribution >= 0.6 is 0 Å². The fourth-order valence-electron chi connectivity index (χ4n) is 18.4. The van der Waals surface area contributed by atoms with Crippen LogP contribution in [-0.4, -0.2) is 43.1 Å². The molecule has 0 saturated heterocycles. The van der Waals surface area contributed by atoms with Crippen LogP contribution in [0.5, 0.6) is 0 Å². The van der Waals surface area contributed by atoms with E-state index in [-0.39, 0.29) is 0 Å². The van der Waals surface area contributed by atoms with Crippen molar-refractivity contribution in [1.29, 1.82) is 0 Å². The lowest BCUT2D eigenvalue weighted by atomic mass is 9.91. The summed E-state index contributed by atoms with van der Waals surface area (Å²) in [6.07, 6.45) is 9.98. The molecule has 0 radical (unpaired) electrons. The van der Waals surface area contributed by atoms with Gasteiger partial charge < -0.3 is 0 Å². The van der Waals surface area contributed by atoms with Crippen LogP contribution in [0.15, 0.2) is 474 Å². The van der Waals surface area contributed by atoms with Crippen molar-refractivity contribution in [2.75, 3.05) is 0 Å². The van der Waals surface area contributed by atoms with Gasteiger partial charge in [-0.05, 0) is 294 Å². The van der Waals surface area contributed by atoms with Crippen molar-refractivity contribution >= 4 is 49.3 Å². The molecule has 132 heavy (non-hydrogen) atoms. The zero-order valence-electron chi connectivity index (χ0n) is 73.1. The average Bonchev–Trinajstić information content (AvgIpc) is 1.68. The van der Waals surface area contributed by atoms with Crippen molar-refractivity contribution in [3.63, 3.8) is 0 Å². The molecule has 0 aliphatic rings. The van der Waals surface area contributed by atoms with Crippen LogP contribution in [0.25, 0.3) is 217 Å². The lowest BCUT2D eigenvalue weighted by Crippen LogP contribution is -1.92. The third-order valence-electron chi connectivity index (χ3n) is 24.9. The van der Waals surface area contributed by atoms with Crippen LogP contribution in [0.1, 0.15) is 17.1 Å². The van der Waals surface area contributed by atoms with Crippen molar-refractivity contribution in [2.24, 2.45) is 0 Å². The second kappa shape index (κ2) is 35.4. The first-order valence-electron chi connectivity index (χ1n) is 44.7. The van der Waals surface area contributed by atoms with Crippen molar-refractivity contribution in [3.05, 3.63) is 491 Å². The number of pyridine rings is 6. The monoisotopic (exact) mass is 1690 g/mol. The normalized spacial score (nSPS) is 11.3. The maximum Gasteiger partial charge on any atom is 0.137 e. The van der Waals surface area contributed by atoms with Gasteiger partial charge in [-0.3, -0.25) is 28.2 Å². The summed E-state index contributed by atoms with van der Waals surface area (Å²) in [5, 5.41) is 7.42. The number of imidazole rings is 3. The topological polar surface area (TPSA) is 90.6 Å². The molecular weight excluding hydrogens is 1600 g/mol. The van der Waals surface area contributed by atoms with E-state index in [2.05, 4.69) is 462 Å². The third-order valence-corrected chi connectivity index (χ3v) is 24.9. The van der Waals surface area contributed by atoms with Crippen molar-refractivity contribution < 1.29 is 0 Å². The van der Waals surface area contributed by atoms with Gasteiger partial charge in [0.2, 0.25) is 0 Å². The van der Waals surface area contributed by atoms with Gasteiger partial charge in [0.25, 0.3) is 0 Å². The summed E-state index contributed by atoms with van der Waals surface area (Å²) in [6.45, 7) is 6.18. The molecule has 0 aliphatic carbocycles. The highest BCUT2D eigenvalue weighted by atomic mass is 15.0. The first-order chi connectivity index (χ1) is 65.1. The lowest BCUT2D eigenvalue weighted by Gasteiger charge is -2.14. The zero-order valence-corrected chi connectivity index (χ0v) is 73.1. The zero-order chi connectivity index (χ0) is 88.4. The number of aromatic nitrogens is 9. The molecular formula is C123H87N9. The number of hydrogen-bond donors (Lipinski definition) is 0. The second-order valence-corrected chi connectivity index (χ2v) is 33.6. The van der Waals surface area contributed by atoms with Crippen LogP contribution < -0.4 is 0 Å². The molecule has 0 saturated carbocycles. The van der Waals surface area contributed by atoms with E-state index in [1.165, 1.54) is 60.1 Å². The highest BCUT2D eigenvalue weighted by Gasteiger charge is 2.23. The van der Waals surface area contributed by atoms with Crippen molar-refractivity contribution in [3.8, 4) is 168 Å². The molecule has 0 unspecified atom stereocenters. The van der Waals surface area contributed by atoms with E-state index < -0.39 is 0 Å². The predicted molar refractivity (Wildman–Crippen MR) is 547 cm³/mol. The van der Waals surface area contributed by atoms with Gasteiger partial charge in [0.1, 0.15) is 16.9 Å². The Balaban J connectivity index is 0.000000116. The minimum absolute atomic E-state index is 0.929. The Kier molecular flexibility index (Phi) is 21.6. The minimum Gasteiger partial charge on any atom is -0.299 e. The molecule has 24 aromatic rings. The minimum atomic E-state index is 0.929. The summed E-state index contributed by atoms with van der Waals surface area (Å²) >= 11 is 0. The molecule has 9 nitrogen and oxygen atoms in total. The second-order valence-electron chi connectivity index (χ2n) is 33.6. The predicted octanol–water partition coefficient (Wildman–Crippen LogP) is 31.6. The number of benzene rings is 15. The highest BCUT2D eigenvalue weighted by molar-refractivity contribution is 5.96. The van der Waals surface area contributed by atoms with Crippen LogP contribution in [0.4, 0.5) is 0 Å². The number of aryl methyl sites for hydroxylation is 3. The Bertz CT molecular complexity index is 8440.